The van der Waals surface area contributed by atoms with Gasteiger partial charge in [0.2, 0.25) is 5.91 Å². The lowest BCUT2D eigenvalue weighted by atomic mass is 10.0. The van der Waals surface area contributed by atoms with E-state index in [0.29, 0.717) is 17.7 Å². The number of esters is 1. The Morgan fingerprint density at radius 1 is 1.03 bits per heavy atom. The largest absolute Gasteiger partial charge is 0.464 e. The fourth-order valence-corrected chi connectivity index (χ4v) is 2.86. The van der Waals surface area contributed by atoms with Gasteiger partial charge in [0, 0.05) is 11.3 Å². The summed E-state index contributed by atoms with van der Waals surface area (Å²) in [4.78, 5) is 24.5. The van der Waals surface area contributed by atoms with Gasteiger partial charge in [-0.3, -0.25) is 4.79 Å². The highest BCUT2D eigenvalue weighted by Crippen LogP contribution is 2.20. The highest BCUT2D eigenvalue weighted by atomic mass is 16.6. The summed E-state index contributed by atoms with van der Waals surface area (Å²) in [6, 6.07) is 17.3. The minimum absolute atomic E-state index is 0.296. The second-order valence-corrected chi connectivity index (χ2v) is 8.05. The molecule has 3 rings (SSSR count). The van der Waals surface area contributed by atoms with Gasteiger partial charge in [0.15, 0.2) is 0 Å². The molecular formula is C24H26N2O4. The Hall–Kier alpha value is -3.38. The van der Waals surface area contributed by atoms with Crippen molar-refractivity contribution >= 4 is 17.6 Å². The van der Waals surface area contributed by atoms with E-state index in [1.165, 1.54) is 0 Å². The monoisotopic (exact) mass is 406 g/mol. The van der Waals surface area contributed by atoms with E-state index in [2.05, 4.69) is 5.32 Å². The van der Waals surface area contributed by atoms with Crippen LogP contribution in [-0.4, -0.2) is 23.5 Å². The molecule has 0 aliphatic heterocycles. The summed E-state index contributed by atoms with van der Waals surface area (Å²) in [6.07, 6.45) is 2.03. The van der Waals surface area contributed by atoms with Crippen molar-refractivity contribution in [2.75, 3.05) is 5.32 Å². The van der Waals surface area contributed by atoms with Crippen molar-refractivity contribution in [1.82, 2.24) is 0 Å². The Morgan fingerprint density at radius 3 is 2.27 bits per heavy atom. The molecule has 0 aliphatic rings. The zero-order valence-electron chi connectivity index (χ0n) is 17.3. The quantitative estimate of drug-likeness (QED) is 0.591. The summed E-state index contributed by atoms with van der Waals surface area (Å²) in [5.41, 5.74) is 8.41. The van der Waals surface area contributed by atoms with Crippen molar-refractivity contribution in [3.05, 3.63) is 78.1 Å². The number of nitrogens with two attached hydrogens (primary N) is 1. The molecule has 6 nitrogen and oxygen atoms in total. The smallest absolute Gasteiger partial charge is 0.338 e. The lowest BCUT2D eigenvalue weighted by molar-refractivity contribution is -0.117. The zero-order valence-corrected chi connectivity index (χ0v) is 17.3. The maximum Gasteiger partial charge on any atom is 0.338 e. The molecule has 2 aromatic carbocycles. The molecule has 3 aromatic rings. The van der Waals surface area contributed by atoms with Crippen LogP contribution in [0.15, 0.2) is 71.3 Å². The third-order valence-electron chi connectivity index (χ3n) is 4.34. The first-order valence-electron chi connectivity index (χ1n) is 9.74. The molecule has 0 radical (unpaired) electrons. The summed E-state index contributed by atoms with van der Waals surface area (Å²) in [5, 5.41) is 2.78. The predicted octanol–water partition coefficient (Wildman–Crippen LogP) is 4.41. The molecule has 0 spiro atoms. The number of anilines is 1. The minimum Gasteiger partial charge on any atom is -0.464 e. The van der Waals surface area contributed by atoms with Crippen molar-refractivity contribution in [3.8, 4) is 11.3 Å². The number of rotatable bonds is 6. The number of nitrogens with one attached hydrogen (secondary N) is 1. The maximum absolute atomic E-state index is 12.4. The Balaban J connectivity index is 1.55. The van der Waals surface area contributed by atoms with E-state index in [9.17, 15) is 9.59 Å². The average Bonchev–Trinajstić information content (AvgIpc) is 3.22. The van der Waals surface area contributed by atoms with Gasteiger partial charge < -0.3 is 20.2 Å². The number of ether oxygens (including phenoxy) is 1. The topological polar surface area (TPSA) is 94.6 Å². The Kier molecular flexibility index (Phi) is 6.37. The summed E-state index contributed by atoms with van der Waals surface area (Å²) >= 11 is 0. The maximum atomic E-state index is 12.4. The molecule has 0 saturated heterocycles. The Morgan fingerprint density at radius 2 is 1.70 bits per heavy atom. The minimum atomic E-state index is -0.704. The fourth-order valence-electron chi connectivity index (χ4n) is 2.86. The molecule has 0 unspecified atom stereocenters. The standard InChI is InChI=1S/C24H26N2O4/c1-24(2,3)30-23(28)18-10-12-19(13-11-18)26-22(27)20(25)15-16-6-8-17(9-7-16)21-5-4-14-29-21/h4-14,20H,15,25H2,1-3H3,(H,26,27)/t20-/m0/s1. The van der Waals surface area contributed by atoms with Gasteiger partial charge >= 0.3 is 5.97 Å². The van der Waals surface area contributed by atoms with Crippen LogP contribution in [0.1, 0.15) is 36.7 Å². The third-order valence-corrected chi connectivity index (χ3v) is 4.34. The van der Waals surface area contributed by atoms with Crippen molar-refractivity contribution in [1.29, 1.82) is 0 Å². The molecule has 0 fully saturated rings. The number of benzene rings is 2. The first kappa shape index (κ1) is 21.3. The molecule has 1 atom stereocenters. The molecule has 6 heteroatoms. The Labute approximate surface area is 176 Å². The molecule has 0 bridgehead atoms. The summed E-state index contributed by atoms with van der Waals surface area (Å²) in [7, 11) is 0. The van der Waals surface area contributed by atoms with E-state index in [-0.39, 0.29) is 5.91 Å². The highest BCUT2D eigenvalue weighted by molar-refractivity contribution is 5.96. The van der Waals surface area contributed by atoms with Crippen LogP contribution >= 0.6 is 0 Å². The summed E-state index contributed by atoms with van der Waals surface area (Å²) in [5.74, 6) is 0.0867. The van der Waals surface area contributed by atoms with Crippen molar-refractivity contribution < 1.29 is 18.7 Å². The second kappa shape index (κ2) is 8.97. The molecule has 156 valence electrons. The number of carbonyl (C=O) groups is 2. The van der Waals surface area contributed by atoms with E-state index >= 15 is 0 Å². The molecule has 1 heterocycles. The van der Waals surface area contributed by atoms with Crippen molar-refractivity contribution in [2.45, 2.75) is 38.8 Å². The SMILES string of the molecule is CC(C)(C)OC(=O)c1ccc(NC(=O)[C@@H](N)Cc2ccc(-c3ccco3)cc2)cc1. The lowest BCUT2D eigenvalue weighted by Gasteiger charge is -2.19. The number of furan rings is 1. The van der Waals surface area contributed by atoms with Crippen LogP contribution in [0.25, 0.3) is 11.3 Å². The number of hydrogen-bond donors (Lipinski definition) is 2. The molecule has 3 N–H and O–H groups in total. The van der Waals surface area contributed by atoms with Crippen LogP contribution in [0.2, 0.25) is 0 Å². The Bertz CT molecular complexity index is 985. The molecule has 1 amide bonds. The van der Waals surface area contributed by atoms with Gasteiger partial charge in [-0.15, -0.1) is 0 Å². The van der Waals surface area contributed by atoms with Gasteiger partial charge in [-0.25, -0.2) is 4.79 Å². The average molecular weight is 406 g/mol. The molecule has 0 saturated carbocycles. The van der Waals surface area contributed by atoms with Gasteiger partial charge in [0.25, 0.3) is 0 Å². The summed E-state index contributed by atoms with van der Waals surface area (Å²) in [6.45, 7) is 5.43. The summed E-state index contributed by atoms with van der Waals surface area (Å²) < 4.78 is 10.7. The van der Waals surface area contributed by atoms with Gasteiger partial charge in [-0.1, -0.05) is 24.3 Å². The number of hydrogen-bond acceptors (Lipinski definition) is 5. The van der Waals surface area contributed by atoms with Gasteiger partial charge in [0.05, 0.1) is 17.9 Å². The predicted molar refractivity (Wildman–Crippen MR) is 116 cm³/mol. The van der Waals surface area contributed by atoms with Crippen LogP contribution in [0.3, 0.4) is 0 Å². The second-order valence-electron chi connectivity index (χ2n) is 8.05. The van der Waals surface area contributed by atoms with E-state index < -0.39 is 17.6 Å². The van der Waals surface area contributed by atoms with E-state index in [0.717, 1.165) is 16.9 Å². The van der Waals surface area contributed by atoms with E-state index in [1.807, 2.05) is 57.2 Å². The first-order chi connectivity index (χ1) is 14.2. The van der Waals surface area contributed by atoms with Crippen LogP contribution in [0.5, 0.6) is 0 Å². The molecular weight excluding hydrogens is 380 g/mol. The van der Waals surface area contributed by atoms with Crippen LogP contribution < -0.4 is 11.1 Å². The van der Waals surface area contributed by atoms with E-state index in [4.69, 9.17) is 14.9 Å². The lowest BCUT2D eigenvalue weighted by Crippen LogP contribution is -2.37. The van der Waals surface area contributed by atoms with Crippen molar-refractivity contribution in [2.24, 2.45) is 5.73 Å². The van der Waals surface area contributed by atoms with Gasteiger partial charge in [-0.05, 0) is 69.2 Å². The van der Waals surface area contributed by atoms with Crippen LogP contribution in [0.4, 0.5) is 5.69 Å². The zero-order chi connectivity index (χ0) is 21.7. The number of amides is 1. The normalized spacial score (nSPS) is 12.3. The van der Waals surface area contributed by atoms with Crippen molar-refractivity contribution in [3.63, 3.8) is 0 Å². The van der Waals surface area contributed by atoms with Gasteiger partial charge in [-0.2, -0.15) is 0 Å². The molecule has 30 heavy (non-hydrogen) atoms. The van der Waals surface area contributed by atoms with Crippen LogP contribution in [-0.2, 0) is 16.0 Å². The van der Waals surface area contributed by atoms with E-state index in [1.54, 1.807) is 30.5 Å². The third kappa shape index (κ3) is 5.81. The fraction of sp³-hybridized carbons (Fsp3) is 0.250. The highest BCUT2D eigenvalue weighted by Gasteiger charge is 2.18. The molecule has 1 aromatic heterocycles. The molecule has 0 aliphatic carbocycles. The number of carbonyl (C=O) groups excluding carboxylic acids is 2. The van der Waals surface area contributed by atoms with Crippen LogP contribution in [0, 0.1) is 0 Å². The first-order valence-corrected chi connectivity index (χ1v) is 9.74. The van der Waals surface area contributed by atoms with Gasteiger partial charge in [0.1, 0.15) is 11.4 Å².